The summed E-state index contributed by atoms with van der Waals surface area (Å²) in [7, 11) is 0. The molecular formula is C15H13F2N3O4. The number of carbonyl (C=O) groups is 1. The van der Waals surface area contributed by atoms with Crippen LogP contribution < -0.4 is 5.32 Å². The van der Waals surface area contributed by atoms with Crippen LogP contribution in [0.3, 0.4) is 0 Å². The Morgan fingerprint density at radius 1 is 1.29 bits per heavy atom. The Bertz CT molecular complexity index is 738. The number of pyridine rings is 1. The average Bonchev–Trinajstić information content (AvgIpc) is 2.54. The van der Waals surface area contributed by atoms with Gasteiger partial charge in [0.15, 0.2) is 0 Å². The van der Waals surface area contributed by atoms with Gasteiger partial charge in [-0.25, -0.2) is 18.6 Å². The second kappa shape index (κ2) is 7.95. The summed E-state index contributed by atoms with van der Waals surface area (Å²) in [4.78, 5) is 25.4. The first-order valence-electron chi connectivity index (χ1n) is 6.94. The van der Waals surface area contributed by atoms with Crippen LogP contribution in [-0.4, -0.2) is 29.0 Å². The van der Waals surface area contributed by atoms with Crippen LogP contribution in [0.25, 0.3) is 0 Å². The van der Waals surface area contributed by atoms with Crippen LogP contribution in [0.15, 0.2) is 36.5 Å². The number of carbonyl (C=O) groups excluding carboxylic acids is 1. The van der Waals surface area contributed by atoms with Crippen LogP contribution in [0.2, 0.25) is 0 Å². The van der Waals surface area contributed by atoms with Crippen LogP contribution in [-0.2, 0) is 4.74 Å². The van der Waals surface area contributed by atoms with Crippen LogP contribution in [0.4, 0.5) is 20.3 Å². The molecule has 0 radical (unpaired) electrons. The van der Waals surface area contributed by atoms with Gasteiger partial charge in [0.2, 0.25) is 0 Å². The first-order chi connectivity index (χ1) is 11.5. The lowest BCUT2D eigenvalue weighted by Gasteiger charge is -2.07. The van der Waals surface area contributed by atoms with E-state index in [0.717, 1.165) is 18.3 Å². The number of benzene rings is 1. The zero-order valence-electron chi connectivity index (χ0n) is 12.4. The van der Waals surface area contributed by atoms with Crippen molar-refractivity contribution in [2.75, 3.05) is 18.5 Å². The average molecular weight is 337 g/mol. The van der Waals surface area contributed by atoms with Crippen molar-refractivity contribution in [2.24, 2.45) is 0 Å². The monoisotopic (exact) mass is 337 g/mol. The molecule has 0 unspecified atom stereocenters. The van der Waals surface area contributed by atoms with Gasteiger partial charge in [0, 0.05) is 18.7 Å². The van der Waals surface area contributed by atoms with E-state index in [4.69, 9.17) is 4.74 Å². The summed E-state index contributed by atoms with van der Waals surface area (Å²) in [5.41, 5.74) is -0.447. The van der Waals surface area contributed by atoms with Crippen molar-refractivity contribution in [3.63, 3.8) is 0 Å². The number of aromatic nitrogens is 1. The lowest BCUT2D eigenvalue weighted by Crippen LogP contribution is -2.12. The topological polar surface area (TPSA) is 94.4 Å². The number of nitrogens with zero attached hydrogens (tertiary/aromatic N) is 2. The minimum absolute atomic E-state index is 0.0234. The molecule has 9 heteroatoms. The van der Waals surface area contributed by atoms with Gasteiger partial charge in [0.1, 0.15) is 23.6 Å². The van der Waals surface area contributed by atoms with Gasteiger partial charge in [-0.05, 0) is 24.6 Å². The second-order valence-electron chi connectivity index (χ2n) is 4.70. The lowest BCUT2D eigenvalue weighted by molar-refractivity contribution is -0.385. The van der Waals surface area contributed by atoms with Gasteiger partial charge in [0.25, 0.3) is 5.69 Å². The number of rotatable bonds is 7. The molecule has 0 fully saturated rings. The van der Waals surface area contributed by atoms with Crippen LogP contribution in [0, 0.1) is 21.7 Å². The summed E-state index contributed by atoms with van der Waals surface area (Å²) >= 11 is 0. The number of halogens is 2. The molecule has 0 amide bonds. The standard InChI is InChI=1S/C15H13F2N3O4/c16-10-2-4-12(13(17)8-10)15(21)24-7-1-6-18-14-5-3-11(9-19-14)20(22)23/h2-5,8-9H,1,6-7H2,(H,18,19). The van der Waals surface area contributed by atoms with E-state index < -0.39 is 22.5 Å². The van der Waals surface area contributed by atoms with E-state index in [1.165, 1.54) is 12.1 Å². The Morgan fingerprint density at radius 3 is 2.71 bits per heavy atom. The Balaban J connectivity index is 1.72. The molecule has 0 aliphatic carbocycles. The van der Waals surface area contributed by atoms with E-state index in [1.807, 2.05) is 0 Å². The van der Waals surface area contributed by atoms with E-state index in [-0.39, 0.29) is 17.9 Å². The normalized spacial score (nSPS) is 10.2. The SMILES string of the molecule is O=C(OCCCNc1ccc([N+](=O)[O-])cn1)c1ccc(F)cc1F. The maximum atomic E-state index is 13.4. The predicted molar refractivity (Wildman–Crippen MR) is 80.6 cm³/mol. The maximum Gasteiger partial charge on any atom is 0.341 e. The number of esters is 1. The first kappa shape index (κ1) is 17.3. The van der Waals surface area contributed by atoms with Crippen molar-refractivity contribution in [2.45, 2.75) is 6.42 Å². The van der Waals surface area contributed by atoms with Crippen molar-refractivity contribution in [1.82, 2.24) is 4.98 Å². The fraction of sp³-hybridized carbons (Fsp3) is 0.200. The smallest absolute Gasteiger partial charge is 0.341 e. The Labute approximate surface area is 135 Å². The third-order valence-corrected chi connectivity index (χ3v) is 2.97. The highest BCUT2D eigenvalue weighted by Crippen LogP contribution is 2.12. The zero-order chi connectivity index (χ0) is 17.5. The molecule has 0 spiro atoms. The number of anilines is 1. The fourth-order valence-corrected chi connectivity index (χ4v) is 1.78. The van der Waals surface area contributed by atoms with E-state index >= 15 is 0 Å². The second-order valence-corrected chi connectivity index (χ2v) is 4.70. The van der Waals surface area contributed by atoms with E-state index in [0.29, 0.717) is 24.8 Å². The van der Waals surface area contributed by atoms with Crippen LogP contribution in [0.1, 0.15) is 16.8 Å². The molecule has 1 N–H and O–H groups in total. The quantitative estimate of drug-likeness (QED) is 0.361. The van der Waals surface area contributed by atoms with Crippen molar-refractivity contribution >= 4 is 17.5 Å². The Morgan fingerprint density at radius 2 is 2.08 bits per heavy atom. The molecule has 0 saturated carbocycles. The van der Waals surface area contributed by atoms with Gasteiger partial charge in [-0.2, -0.15) is 0 Å². The first-order valence-corrected chi connectivity index (χ1v) is 6.94. The maximum absolute atomic E-state index is 13.4. The third kappa shape index (κ3) is 4.70. The number of ether oxygens (including phenoxy) is 1. The summed E-state index contributed by atoms with van der Waals surface area (Å²) < 4.78 is 31.0. The molecule has 0 aliphatic heterocycles. The number of nitrogens with one attached hydrogen (secondary N) is 1. The molecule has 2 aromatic rings. The fourth-order valence-electron chi connectivity index (χ4n) is 1.78. The number of nitro groups is 1. The Kier molecular flexibility index (Phi) is 5.72. The molecule has 0 saturated heterocycles. The number of hydrogen-bond donors (Lipinski definition) is 1. The summed E-state index contributed by atoms with van der Waals surface area (Å²) in [6.45, 7) is 0.416. The molecule has 126 valence electrons. The molecule has 0 atom stereocenters. The molecular weight excluding hydrogens is 324 g/mol. The lowest BCUT2D eigenvalue weighted by atomic mass is 10.2. The highest BCUT2D eigenvalue weighted by atomic mass is 19.1. The summed E-state index contributed by atoms with van der Waals surface area (Å²) in [5, 5.41) is 13.4. The minimum Gasteiger partial charge on any atom is -0.462 e. The van der Waals surface area contributed by atoms with Gasteiger partial charge in [-0.1, -0.05) is 0 Å². The highest BCUT2D eigenvalue weighted by molar-refractivity contribution is 5.89. The molecule has 1 aromatic heterocycles. The zero-order valence-corrected chi connectivity index (χ0v) is 12.4. The van der Waals surface area contributed by atoms with E-state index in [2.05, 4.69) is 10.3 Å². The van der Waals surface area contributed by atoms with Crippen molar-refractivity contribution in [3.05, 3.63) is 63.8 Å². The predicted octanol–water partition coefficient (Wildman–Crippen LogP) is 2.93. The molecule has 1 aromatic carbocycles. The summed E-state index contributed by atoms with van der Waals surface area (Å²) in [5.74, 6) is -2.19. The van der Waals surface area contributed by atoms with Crippen molar-refractivity contribution < 1.29 is 23.2 Å². The highest BCUT2D eigenvalue weighted by Gasteiger charge is 2.13. The van der Waals surface area contributed by atoms with Gasteiger partial charge in [-0.15, -0.1) is 0 Å². The summed E-state index contributed by atoms with van der Waals surface area (Å²) in [6, 6.07) is 5.37. The third-order valence-electron chi connectivity index (χ3n) is 2.97. The molecule has 1 heterocycles. The molecule has 0 aliphatic rings. The van der Waals surface area contributed by atoms with Crippen LogP contribution >= 0.6 is 0 Å². The largest absolute Gasteiger partial charge is 0.462 e. The number of hydrogen-bond acceptors (Lipinski definition) is 6. The molecule has 7 nitrogen and oxygen atoms in total. The van der Waals surface area contributed by atoms with E-state index in [9.17, 15) is 23.7 Å². The summed E-state index contributed by atoms with van der Waals surface area (Å²) in [6.07, 6.45) is 1.53. The minimum atomic E-state index is -0.979. The molecule has 24 heavy (non-hydrogen) atoms. The van der Waals surface area contributed by atoms with Gasteiger partial charge in [-0.3, -0.25) is 10.1 Å². The van der Waals surface area contributed by atoms with Gasteiger partial charge in [0.05, 0.1) is 17.1 Å². The molecule has 0 bridgehead atoms. The van der Waals surface area contributed by atoms with Crippen molar-refractivity contribution in [3.8, 4) is 0 Å². The van der Waals surface area contributed by atoms with E-state index in [1.54, 1.807) is 0 Å². The molecule has 2 rings (SSSR count). The van der Waals surface area contributed by atoms with Crippen molar-refractivity contribution in [1.29, 1.82) is 0 Å². The Hall–Kier alpha value is -3.10. The van der Waals surface area contributed by atoms with Gasteiger partial charge < -0.3 is 10.1 Å². The van der Waals surface area contributed by atoms with Crippen LogP contribution in [0.5, 0.6) is 0 Å². The van der Waals surface area contributed by atoms with Gasteiger partial charge >= 0.3 is 5.97 Å².